The van der Waals surface area contributed by atoms with E-state index < -0.39 is 0 Å². The van der Waals surface area contributed by atoms with E-state index in [4.69, 9.17) is 0 Å². The highest BCUT2D eigenvalue weighted by Crippen LogP contribution is 2.45. The van der Waals surface area contributed by atoms with Gasteiger partial charge in [-0.15, -0.1) is 0 Å². The van der Waals surface area contributed by atoms with Crippen molar-refractivity contribution in [2.24, 2.45) is 5.41 Å². The molecule has 1 saturated carbocycles. The SMILES string of the molecule is CN1CCC2(C)CCC(NNSI)CC12. The van der Waals surface area contributed by atoms with Crippen LogP contribution in [0.2, 0.25) is 0 Å². The first kappa shape index (κ1) is 12.4. The molecule has 15 heavy (non-hydrogen) atoms. The molecular formula is C10H20IN3S. The molecule has 1 heterocycles. The van der Waals surface area contributed by atoms with E-state index in [1.54, 1.807) is 9.12 Å². The quantitative estimate of drug-likeness (QED) is 0.468. The molecule has 2 aliphatic rings. The maximum absolute atomic E-state index is 3.40. The summed E-state index contributed by atoms with van der Waals surface area (Å²) in [7, 11) is 3.89. The molecule has 1 saturated heterocycles. The minimum atomic E-state index is 0.588. The lowest BCUT2D eigenvalue weighted by Gasteiger charge is -2.42. The summed E-state index contributed by atoms with van der Waals surface area (Å²) in [4.78, 5) is 5.71. The fraction of sp³-hybridized carbons (Fsp3) is 1.00. The van der Waals surface area contributed by atoms with Gasteiger partial charge in [-0.05, 0) is 44.7 Å². The fourth-order valence-corrected chi connectivity index (χ4v) is 3.76. The van der Waals surface area contributed by atoms with Gasteiger partial charge in [-0.1, -0.05) is 6.92 Å². The van der Waals surface area contributed by atoms with E-state index in [9.17, 15) is 0 Å². The number of hydrogen-bond donors (Lipinski definition) is 2. The van der Waals surface area contributed by atoms with Gasteiger partial charge in [-0.2, -0.15) is 4.83 Å². The molecule has 2 fully saturated rings. The number of hydrogen-bond acceptors (Lipinski definition) is 4. The zero-order valence-corrected chi connectivity index (χ0v) is 12.4. The smallest absolute Gasteiger partial charge is 0.0237 e. The van der Waals surface area contributed by atoms with E-state index in [1.165, 1.54) is 32.2 Å². The Morgan fingerprint density at radius 3 is 3.00 bits per heavy atom. The first-order valence-corrected chi connectivity index (χ1v) is 9.00. The number of halogens is 1. The Morgan fingerprint density at radius 2 is 2.27 bits per heavy atom. The first-order valence-electron chi connectivity index (χ1n) is 5.64. The normalized spacial score (nSPS) is 41.8. The molecule has 1 aliphatic heterocycles. The number of nitrogens with zero attached hydrogens (tertiary/aromatic N) is 1. The van der Waals surface area contributed by atoms with E-state index in [0.717, 1.165) is 6.04 Å². The Labute approximate surface area is 109 Å². The standard InChI is InChI=1S/C10H20IN3S/c1-10-4-3-8(12-13-15-11)7-9(10)14(2)6-5-10/h8-9,12-13H,3-7H2,1-2H3. The molecule has 0 aromatic rings. The molecular weight excluding hydrogens is 321 g/mol. The number of nitrogens with one attached hydrogen (secondary N) is 2. The van der Waals surface area contributed by atoms with Crippen LogP contribution in [0.3, 0.4) is 0 Å². The van der Waals surface area contributed by atoms with Crippen LogP contribution in [0.1, 0.15) is 32.6 Å². The number of rotatable bonds is 3. The van der Waals surface area contributed by atoms with Gasteiger partial charge in [-0.25, -0.2) is 5.43 Å². The third-order valence-corrected chi connectivity index (χ3v) is 5.10. The predicted molar refractivity (Wildman–Crippen MR) is 74.7 cm³/mol. The molecule has 3 atom stereocenters. The van der Waals surface area contributed by atoms with Crippen LogP contribution in [0.25, 0.3) is 0 Å². The van der Waals surface area contributed by atoms with Gasteiger partial charge >= 0.3 is 0 Å². The zero-order valence-electron chi connectivity index (χ0n) is 9.42. The number of fused-ring (bicyclic) bond motifs is 1. The average Bonchev–Trinajstić information content (AvgIpc) is 2.53. The second-order valence-corrected chi connectivity index (χ2v) is 6.87. The van der Waals surface area contributed by atoms with Gasteiger partial charge in [0, 0.05) is 42.4 Å². The minimum Gasteiger partial charge on any atom is -0.303 e. The van der Waals surface area contributed by atoms with Gasteiger partial charge in [0.05, 0.1) is 0 Å². The lowest BCUT2D eigenvalue weighted by molar-refractivity contribution is 0.110. The van der Waals surface area contributed by atoms with Crippen molar-refractivity contribution in [1.82, 2.24) is 15.2 Å². The summed E-state index contributed by atoms with van der Waals surface area (Å²) < 4.78 is 0. The molecule has 1 aliphatic carbocycles. The number of likely N-dealkylation sites (tertiary alicyclic amines) is 1. The summed E-state index contributed by atoms with van der Waals surface area (Å²) in [6.07, 6.45) is 5.35. The van der Waals surface area contributed by atoms with E-state index in [1.807, 2.05) is 0 Å². The summed E-state index contributed by atoms with van der Waals surface area (Å²) in [6.45, 7) is 3.75. The van der Waals surface area contributed by atoms with Gasteiger partial charge in [0.25, 0.3) is 0 Å². The first-order chi connectivity index (χ1) is 7.15. The Bertz CT molecular complexity index is 229. The van der Waals surface area contributed by atoms with Crippen molar-refractivity contribution in [1.29, 1.82) is 0 Å². The molecule has 88 valence electrons. The third-order valence-electron chi connectivity index (χ3n) is 4.25. The second-order valence-electron chi connectivity index (χ2n) is 5.20. The topological polar surface area (TPSA) is 27.3 Å². The third kappa shape index (κ3) is 2.62. The molecule has 2 N–H and O–H groups in total. The Hall–Kier alpha value is 0.960. The maximum Gasteiger partial charge on any atom is 0.0237 e. The highest BCUT2D eigenvalue weighted by molar-refractivity contribution is 14.2. The fourth-order valence-electron chi connectivity index (χ4n) is 3.17. The minimum absolute atomic E-state index is 0.588. The summed E-state index contributed by atoms with van der Waals surface area (Å²) in [5, 5.41) is 0. The molecule has 3 nitrogen and oxygen atoms in total. The highest BCUT2D eigenvalue weighted by atomic mass is 127. The lowest BCUT2D eigenvalue weighted by Crippen LogP contribution is -2.49. The van der Waals surface area contributed by atoms with Crippen LogP contribution in [-0.2, 0) is 0 Å². The van der Waals surface area contributed by atoms with Gasteiger partial charge in [0.15, 0.2) is 0 Å². The van der Waals surface area contributed by atoms with Crippen LogP contribution in [0.15, 0.2) is 0 Å². The summed E-state index contributed by atoms with van der Waals surface area (Å²) in [5.41, 5.74) is 3.99. The van der Waals surface area contributed by atoms with Crippen LogP contribution >= 0.6 is 30.3 Å². The van der Waals surface area contributed by atoms with Crippen molar-refractivity contribution < 1.29 is 0 Å². The van der Waals surface area contributed by atoms with Crippen molar-refractivity contribution in [3.63, 3.8) is 0 Å². The molecule has 0 aromatic carbocycles. The summed E-state index contributed by atoms with van der Waals surface area (Å²) in [6, 6.07) is 1.43. The van der Waals surface area contributed by atoms with Gasteiger partial charge in [0.1, 0.15) is 0 Å². The summed E-state index contributed by atoms with van der Waals surface area (Å²) in [5.74, 6) is 0. The largest absolute Gasteiger partial charge is 0.303 e. The second kappa shape index (κ2) is 5.08. The Kier molecular flexibility index (Phi) is 4.20. The van der Waals surface area contributed by atoms with Crippen molar-refractivity contribution in [3.05, 3.63) is 0 Å². The zero-order chi connectivity index (χ0) is 10.9. The van der Waals surface area contributed by atoms with Crippen molar-refractivity contribution >= 4 is 30.3 Å². The van der Waals surface area contributed by atoms with E-state index >= 15 is 0 Å². The van der Waals surface area contributed by atoms with Crippen LogP contribution in [-0.4, -0.2) is 30.6 Å². The van der Waals surface area contributed by atoms with Gasteiger partial charge in [0.2, 0.25) is 0 Å². The predicted octanol–water partition coefficient (Wildman–Crippen LogP) is 2.34. The van der Waals surface area contributed by atoms with Crippen molar-refractivity contribution in [3.8, 4) is 0 Å². The monoisotopic (exact) mass is 341 g/mol. The van der Waals surface area contributed by atoms with Crippen LogP contribution in [0.4, 0.5) is 0 Å². The highest BCUT2D eigenvalue weighted by Gasteiger charge is 2.45. The van der Waals surface area contributed by atoms with E-state index in [0.29, 0.717) is 11.5 Å². The molecule has 3 unspecified atom stereocenters. The molecule has 0 amide bonds. The van der Waals surface area contributed by atoms with Crippen molar-refractivity contribution in [2.75, 3.05) is 13.6 Å². The molecule has 0 radical (unpaired) electrons. The maximum atomic E-state index is 3.40. The molecule has 2 rings (SSSR count). The van der Waals surface area contributed by atoms with Crippen molar-refractivity contribution in [2.45, 2.75) is 44.7 Å². The van der Waals surface area contributed by atoms with Gasteiger partial charge in [-0.3, -0.25) is 0 Å². The lowest BCUT2D eigenvalue weighted by atomic mass is 9.70. The Morgan fingerprint density at radius 1 is 1.47 bits per heavy atom. The van der Waals surface area contributed by atoms with Crippen LogP contribution < -0.4 is 10.3 Å². The molecule has 0 bridgehead atoms. The summed E-state index contributed by atoms with van der Waals surface area (Å²) >= 11 is 2.25. The average molecular weight is 341 g/mol. The van der Waals surface area contributed by atoms with E-state index in [-0.39, 0.29) is 0 Å². The Balaban J connectivity index is 1.92. The molecule has 0 spiro atoms. The number of hydrazine groups is 1. The van der Waals surface area contributed by atoms with E-state index in [2.05, 4.69) is 50.3 Å². The van der Waals surface area contributed by atoms with Crippen LogP contribution in [0.5, 0.6) is 0 Å². The molecule has 0 aromatic heterocycles. The van der Waals surface area contributed by atoms with Crippen LogP contribution in [0, 0.1) is 5.41 Å². The van der Waals surface area contributed by atoms with Gasteiger partial charge < -0.3 is 4.90 Å². The molecule has 5 heteroatoms.